The first-order valence-electron chi connectivity index (χ1n) is 10.8. The van der Waals surface area contributed by atoms with Crippen LogP contribution in [0.3, 0.4) is 0 Å². The third kappa shape index (κ3) is 5.50. The number of anilines is 1. The molecule has 1 aliphatic heterocycles. The molecule has 0 unspecified atom stereocenters. The van der Waals surface area contributed by atoms with Gasteiger partial charge in [0.25, 0.3) is 0 Å². The topological polar surface area (TPSA) is 35.6 Å². The molecular formula is C26H28FN3O. The second kappa shape index (κ2) is 10.2. The lowest BCUT2D eigenvalue weighted by molar-refractivity contribution is -0.121. The van der Waals surface area contributed by atoms with E-state index in [1.54, 1.807) is 0 Å². The van der Waals surface area contributed by atoms with Crippen molar-refractivity contribution in [2.45, 2.75) is 5.92 Å². The molecule has 31 heavy (non-hydrogen) atoms. The van der Waals surface area contributed by atoms with Crippen LogP contribution in [0.1, 0.15) is 17.0 Å². The second-order valence-corrected chi connectivity index (χ2v) is 7.85. The third-order valence-corrected chi connectivity index (χ3v) is 5.82. The number of carbonyl (C=O) groups excluding carboxylic acids is 1. The average Bonchev–Trinajstić information content (AvgIpc) is 2.82. The zero-order valence-electron chi connectivity index (χ0n) is 17.6. The van der Waals surface area contributed by atoms with Crippen LogP contribution in [-0.2, 0) is 4.79 Å². The molecule has 0 spiro atoms. The van der Waals surface area contributed by atoms with E-state index in [2.05, 4.69) is 15.1 Å². The molecule has 5 heteroatoms. The van der Waals surface area contributed by atoms with Crippen LogP contribution in [0.15, 0.2) is 84.9 Å². The second-order valence-electron chi connectivity index (χ2n) is 7.85. The fourth-order valence-electron chi connectivity index (χ4n) is 4.11. The summed E-state index contributed by atoms with van der Waals surface area (Å²) < 4.78 is 13.1. The fourth-order valence-corrected chi connectivity index (χ4v) is 4.11. The Balaban J connectivity index is 1.29. The fraction of sp³-hybridized carbons (Fsp3) is 0.269. The highest BCUT2D eigenvalue weighted by Crippen LogP contribution is 2.24. The van der Waals surface area contributed by atoms with Gasteiger partial charge in [-0.1, -0.05) is 60.7 Å². The van der Waals surface area contributed by atoms with Crippen molar-refractivity contribution in [1.82, 2.24) is 10.2 Å². The van der Waals surface area contributed by atoms with Crippen molar-refractivity contribution >= 4 is 11.6 Å². The van der Waals surface area contributed by atoms with Gasteiger partial charge in [-0.15, -0.1) is 0 Å². The van der Waals surface area contributed by atoms with Crippen LogP contribution in [0.5, 0.6) is 0 Å². The standard InChI is InChI=1S/C26H28FN3O/c27-23-11-13-24(14-12-23)30-19-17-29(18-20-30)16-15-28-26(31)25(21-7-3-1-4-8-21)22-9-5-2-6-10-22/h1-14,25H,15-20H2,(H,28,31). The van der Waals surface area contributed by atoms with Gasteiger partial charge >= 0.3 is 0 Å². The predicted octanol–water partition coefficient (Wildman–Crippen LogP) is 3.90. The van der Waals surface area contributed by atoms with Crippen molar-refractivity contribution in [2.75, 3.05) is 44.2 Å². The summed E-state index contributed by atoms with van der Waals surface area (Å²) in [5.74, 6) is -0.484. The molecule has 3 aromatic carbocycles. The Hall–Kier alpha value is -3.18. The SMILES string of the molecule is O=C(NCCN1CCN(c2ccc(F)cc2)CC1)C(c1ccccc1)c1ccccc1. The largest absolute Gasteiger partial charge is 0.369 e. The van der Waals surface area contributed by atoms with Gasteiger partial charge in [-0.2, -0.15) is 0 Å². The van der Waals surface area contributed by atoms with Crippen molar-refractivity contribution in [3.05, 3.63) is 102 Å². The molecule has 4 nitrogen and oxygen atoms in total. The van der Waals surface area contributed by atoms with E-state index in [0.717, 1.165) is 49.5 Å². The van der Waals surface area contributed by atoms with E-state index in [4.69, 9.17) is 0 Å². The van der Waals surface area contributed by atoms with Crippen molar-refractivity contribution < 1.29 is 9.18 Å². The van der Waals surface area contributed by atoms with E-state index in [1.807, 2.05) is 72.8 Å². The van der Waals surface area contributed by atoms with Gasteiger partial charge in [-0.3, -0.25) is 9.69 Å². The highest BCUT2D eigenvalue weighted by molar-refractivity contribution is 5.87. The normalized spacial score (nSPS) is 14.6. The lowest BCUT2D eigenvalue weighted by atomic mass is 9.90. The van der Waals surface area contributed by atoms with Gasteiger partial charge in [0.15, 0.2) is 0 Å². The number of hydrogen-bond donors (Lipinski definition) is 1. The summed E-state index contributed by atoms with van der Waals surface area (Å²) in [4.78, 5) is 17.7. The van der Waals surface area contributed by atoms with E-state index in [9.17, 15) is 9.18 Å². The van der Waals surface area contributed by atoms with Gasteiger partial charge in [0.1, 0.15) is 5.82 Å². The number of nitrogens with one attached hydrogen (secondary N) is 1. The Labute approximate surface area is 183 Å². The van der Waals surface area contributed by atoms with Crippen LogP contribution in [-0.4, -0.2) is 50.1 Å². The molecule has 0 saturated carbocycles. The summed E-state index contributed by atoms with van der Waals surface area (Å²) in [6, 6.07) is 26.5. The molecule has 1 N–H and O–H groups in total. The van der Waals surface area contributed by atoms with Crippen molar-refractivity contribution in [3.8, 4) is 0 Å². The maximum absolute atomic E-state index is 13.1. The molecule has 1 fully saturated rings. The molecule has 160 valence electrons. The summed E-state index contributed by atoms with van der Waals surface area (Å²) in [5, 5.41) is 3.14. The number of halogens is 1. The monoisotopic (exact) mass is 417 g/mol. The number of nitrogens with zero attached hydrogens (tertiary/aromatic N) is 2. The van der Waals surface area contributed by atoms with Crippen molar-refractivity contribution in [2.24, 2.45) is 0 Å². The van der Waals surface area contributed by atoms with Gasteiger partial charge in [0.2, 0.25) is 5.91 Å². The number of benzene rings is 3. The third-order valence-electron chi connectivity index (χ3n) is 5.82. The lowest BCUT2D eigenvalue weighted by Gasteiger charge is -2.36. The van der Waals surface area contributed by atoms with Gasteiger partial charge in [-0.25, -0.2) is 4.39 Å². The molecule has 3 aromatic rings. The summed E-state index contributed by atoms with van der Waals surface area (Å²) in [5.41, 5.74) is 3.06. The summed E-state index contributed by atoms with van der Waals surface area (Å²) in [6.07, 6.45) is 0. The number of piperazine rings is 1. The molecule has 1 heterocycles. The number of carbonyl (C=O) groups is 1. The first-order valence-corrected chi connectivity index (χ1v) is 10.8. The Bertz CT molecular complexity index is 915. The molecular weight excluding hydrogens is 389 g/mol. The van der Waals surface area contributed by atoms with Crippen LogP contribution in [0, 0.1) is 5.82 Å². The predicted molar refractivity (Wildman–Crippen MR) is 123 cm³/mol. The average molecular weight is 418 g/mol. The minimum absolute atomic E-state index is 0.0300. The van der Waals surface area contributed by atoms with Gasteiger partial charge in [0, 0.05) is 45.0 Å². The van der Waals surface area contributed by atoms with E-state index >= 15 is 0 Å². The Morgan fingerprint density at radius 3 is 1.90 bits per heavy atom. The van der Waals surface area contributed by atoms with Crippen LogP contribution < -0.4 is 10.2 Å². The first-order chi connectivity index (χ1) is 15.2. The minimum Gasteiger partial charge on any atom is -0.369 e. The maximum atomic E-state index is 13.1. The maximum Gasteiger partial charge on any atom is 0.232 e. The molecule has 0 aliphatic carbocycles. The molecule has 1 amide bonds. The molecule has 0 aromatic heterocycles. The smallest absolute Gasteiger partial charge is 0.232 e. The molecule has 4 rings (SSSR count). The summed E-state index contributed by atoms with van der Waals surface area (Å²) >= 11 is 0. The van der Waals surface area contributed by atoms with Crippen LogP contribution >= 0.6 is 0 Å². The Morgan fingerprint density at radius 1 is 0.806 bits per heavy atom. The summed E-state index contributed by atoms with van der Waals surface area (Å²) in [6.45, 7) is 5.08. The van der Waals surface area contributed by atoms with E-state index < -0.39 is 0 Å². The quantitative estimate of drug-likeness (QED) is 0.633. The highest BCUT2D eigenvalue weighted by Gasteiger charge is 2.23. The van der Waals surface area contributed by atoms with E-state index in [1.165, 1.54) is 12.1 Å². The number of amides is 1. The highest BCUT2D eigenvalue weighted by atomic mass is 19.1. The van der Waals surface area contributed by atoms with Crippen LogP contribution in [0.25, 0.3) is 0 Å². The Morgan fingerprint density at radius 2 is 1.35 bits per heavy atom. The van der Waals surface area contributed by atoms with E-state index in [0.29, 0.717) is 6.54 Å². The molecule has 0 radical (unpaired) electrons. The van der Waals surface area contributed by atoms with Crippen molar-refractivity contribution in [3.63, 3.8) is 0 Å². The van der Waals surface area contributed by atoms with Gasteiger partial charge in [0.05, 0.1) is 5.92 Å². The first kappa shape index (κ1) is 21.1. The number of rotatable bonds is 7. The zero-order valence-corrected chi connectivity index (χ0v) is 17.6. The van der Waals surface area contributed by atoms with Gasteiger partial charge < -0.3 is 10.2 Å². The minimum atomic E-state index is -0.308. The van der Waals surface area contributed by atoms with Crippen LogP contribution in [0.2, 0.25) is 0 Å². The number of hydrogen-bond acceptors (Lipinski definition) is 3. The van der Waals surface area contributed by atoms with Crippen LogP contribution in [0.4, 0.5) is 10.1 Å². The van der Waals surface area contributed by atoms with Gasteiger partial charge in [-0.05, 0) is 35.4 Å². The lowest BCUT2D eigenvalue weighted by Crippen LogP contribution is -2.48. The Kier molecular flexibility index (Phi) is 6.95. The molecule has 0 bridgehead atoms. The summed E-state index contributed by atoms with van der Waals surface area (Å²) in [7, 11) is 0. The molecule has 1 saturated heterocycles. The van der Waals surface area contributed by atoms with E-state index in [-0.39, 0.29) is 17.6 Å². The molecule has 1 aliphatic rings. The zero-order chi connectivity index (χ0) is 21.5. The molecule has 0 atom stereocenters. The van der Waals surface area contributed by atoms with Crippen molar-refractivity contribution in [1.29, 1.82) is 0 Å².